The van der Waals surface area contributed by atoms with Crippen LogP contribution in [0.4, 0.5) is 11.6 Å². The number of nitrogens with two attached hydrogens (primary N) is 2. The minimum atomic E-state index is -1.93. The maximum atomic E-state index is 13.0. The summed E-state index contributed by atoms with van der Waals surface area (Å²) < 4.78 is 5.26. The van der Waals surface area contributed by atoms with Crippen molar-refractivity contribution in [2.24, 2.45) is 5.73 Å². The van der Waals surface area contributed by atoms with Crippen LogP contribution in [-0.4, -0.2) is 103 Å². The molecule has 2 aromatic carbocycles. The number of esters is 1. The first-order valence-corrected chi connectivity index (χ1v) is 21.8. The number of allylic oxidation sites excluding steroid dienone is 2. The van der Waals surface area contributed by atoms with Crippen LogP contribution in [-0.2, 0) is 40.0 Å². The Balaban J connectivity index is 1.18. The number of fused-ring (bicyclic) bond motifs is 1. The van der Waals surface area contributed by atoms with Crippen LogP contribution < -0.4 is 48.7 Å². The van der Waals surface area contributed by atoms with Gasteiger partial charge in [0.1, 0.15) is 12.1 Å². The lowest BCUT2D eigenvalue weighted by atomic mass is 9.98. The van der Waals surface area contributed by atoms with Gasteiger partial charge in [-0.05, 0) is 81.0 Å². The number of aliphatic carboxylic acids is 2. The van der Waals surface area contributed by atoms with E-state index >= 15 is 0 Å². The fourth-order valence-electron chi connectivity index (χ4n) is 6.65. The highest BCUT2D eigenvalue weighted by Crippen LogP contribution is 2.17. The van der Waals surface area contributed by atoms with Gasteiger partial charge in [0.15, 0.2) is 17.3 Å². The van der Waals surface area contributed by atoms with Gasteiger partial charge < -0.3 is 57.8 Å². The van der Waals surface area contributed by atoms with Crippen LogP contribution in [0.25, 0.3) is 11.2 Å². The molecular weight excluding hydrogens is 899 g/mol. The van der Waals surface area contributed by atoms with Gasteiger partial charge in [0, 0.05) is 36.2 Å². The second kappa shape index (κ2) is 26.6. The Kier molecular flexibility index (Phi) is 20.5. The van der Waals surface area contributed by atoms with E-state index in [1.807, 2.05) is 0 Å². The summed E-state index contributed by atoms with van der Waals surface area (Å²) in [5, 5.41) is 35.2. The highest BCUT2D eigenvalue weighted by Gasteiger charge is 2.31. The molecule has 5 amide bonds. The van der Waals surface area contributed by atoms with Gasteiger partial charge in [-0.2, -0.15) is 4.98 Å². The molecule has 0 saturated carbocycles. The number of carbonyl (C=O) groups is 8. The second-order valence-electron chi connectivity index (χ2n) is 15.3. The number of amides is 5. The zero-order valence-electron chi connectivity index (χ0n) is 37.8. The third-order valence-corrected chi connectivity index (χ3v) is 10.1. The average Bonchev–Trinajstić information content (AvgIpc) is 3.32. The predicted molar refractivity (Wildman–Crippen MR) is 247 cm³/mol. The predicted octanol–water partition coefficient (Wildman–Crippen LogP) is 0.280. The minimum Gasteiger partial charge on any atom is -0.546 e. The summed E-state index contributed by atoms with van der Waals surface area (Å²) in [5.74, 6) is -7.71. The van der Waals surface area contributed by atoms with Crippen LogP contribution in [0.5, 0.6) is 0 Å². The number of unbranched alkanes of at least 4 members (excludes halogenated alkanes) is 1. The summed E-state index contributed by atoms with van der Waals surface area (Å²) in [7, 11) is 0. The average molecular weight is 953 g/mol. The fourth-order valence-corrected chi connectivity index (χ4v) is 6.65. The Morgan fingerprint density at radius 3 is 2.20 bits per heavy atom. The molecule has 4 unspecified atom stereocenters. The molecule has 4 atom stereocenters. The van der Waals surface area contributed by atoms with Crippen molar-refractivity contribution in [1.29, 1.82) is 0 Å². The number of aromatic amines is 1. The number of carbonyl (C=O) groups excluding carboxylic acids is 7. The quantitative estimate of drug-likeness (QED) is 0.0220. The number of carboxylic acids is 2. The lowest BCUT2D eigenvalue weighted by Crippen LogP contribution is -2.54. The molecule has 0 radical (unpaired) electrons. The lowest BCUT2D eigenvalue weighted by molar-refractivity contribution is -0.316. The van der Waals surface area contributed by atoms with Crippen molar-refractivity contribution >= 4 is 70.2 Å². The van der Waals surface area contributed by atoms with Crippen molar-refractivity contribution in [2.45, 2.75) is 96.0 Å². The van der Waals surface area contributed by atoms with Gasteiger partial charge in [0.25, 0.3) is 17.4 Å². The number of rotatable bonds is 27. The molecule has 11 N–H and O–H groups in total. The summed E-state index contributed by atoms with van der Waals surface area (Å²) in [6, 6.07) is 10.2. The van der Waals surface area contributed by atoms with E-state index in [0.29, 0.717) is 36.2 Å². The fraction of sp³-hybridized carbons (Fsp3) is 0.348. The first kappa shape index (κ1) is 53.1. The van der Waals surface area contributed by atoms with Crippen LogP contribution in [0.3, 0.4) is 0 Å². The van der Waals surface area contributed by atoms with E-state index in [4.69, 9.17) is 16.2 Å². The third-order valence-electron chi connectivity index (χ3n) is 10.1. The summed E-state index contributed by atoms with van der Waals surface area (Å²) in [5.41, 5.74) is 12.3. The van der Waals surface area contributed by atoms with E-state index in [-0.39, 0.29) is 67.0 Å². The lowest BCUT2D eigenvalue weighted by Gasteiger charge is -2.30. The number of anilines is 2. The first-order chi connectivity index (χ1) is 33.0. The van der Waals surface area contributed by atoms with Crippen molar-refractivity contribution in [2.75, 3.05) is 17.6 Å². The van der Waals surface area contributed by atoms with E-state index in [9.17, 15) is 53.4 Å². The van der Waals surface area contributed by atoms with Crippen molar-refractivity contribution < 1.29 is 53.3 Å². The van der Waals surface area contributed by atoms with Crippen molar-refractivity contribution in [3.05, 3.63) is 112 Å². The first-order valence-electron chi connectivity index (χ1n) is 21.8. The molecule has 0 aliphatic carbocycles. The molecule has 0 spiro atoms. The van der Waals surface area contributed by atoms with Gasteiger partial charge in [-0.1, -0.05) is 43.4 Å². The van der Waals surface area contributed by atoms with Crippen molar-refractivity contribution in [3.63, 3.8) is 0 Å². The molecule has 23 heteroatoms. The van der Waals surface area contributed by atoms with Crippen LogP contribution in [0, 0.1) is 0 Å². The number of carboxylic acid groups (broad SMARTS) is 2. The smallest absolute Gasteiger partial charge is 0.326 e. The number of nitrogens with one attached hydrogen (secondary N) is 6. The van der Waals surface area contributed by atoms with Gasteiger partial charge in [0.05, 0.1) is 36.9 Å². The Hall–Kier alpha value is -8.50. The van der Waals surface area contributed by atoms with Crippen molar-refractivity contribution in [3.8, 4) is 0 Å². The minimum absolute atomic E-state index is 0.0119. The van der Waals surface area contributed by atoms with Gasteiger partial charge in [0.2, 0.25) is 23.7 Å². The summed E-state index contributed by atoms with van der Waals surface area (Å²) in [6.07, 6.45) is 3.99. The maximum absolute atomic E-state index is 13.0. The topological polar surface area (TPSA) is 373 Å². The van der Waals surface area contributed by atoms with E-state index in [2.05, 4.69) is 46.5 Å². The number of hydrogen-bond donors (Lipinski definition) is 9. The van der Waals surface area contributed by atoms with E-state index in [1.165, 1.54) is 30.5 Å². The third kappa shape index (κ3) is 17.0. The highest BCUT2D eigenvalue weighted by atomic mass is 16.6. The molecular formula is C46H54N11O12-. The Bertz CT molecular complexity index is 2600. The molecule has 4 aromatic rings. The molecule has 0 saturated heterocycles. The number of benzene rings is 2. The number of H-pyrrole nitrogens is 1. The maximum Gasteiger partial charge on any atom is 0.326 e. The van der Waals surface area contributed by atoms with Gasteiger partial charge in [-0.3, -0.25) is 38.5 Å². The summed E-state index contributed by atoms with van der Waals surface area (Å²) in [4.78, 5) is 127. The summed E-state index contributed by atoms with van der Waals surface area (Å²) in [6.45, 7) is 3.77. The van der Waals surface area contributed by atoms with Crippen LogP contribution in [0.1, 0.15) is 91.6 Å². The van der Waals surface area contributed by atoms with Crippen LogP contribution in [0.15, 0.2) is 89.4 Å². The number of hydrogen-bond acceptors (Lipinski definition) is 16. The van der Waals surface area contributed by atoms with Gasteiger partial charge in [-0.25, -0.2) is 14.8 Å². The molecule has 0 aliphatic heterocycles. The zero-order chi connectivity index (χ0) is 50.5. The number of nitrogen functional groups attached to an aromatic ring is 1. The molecule has 0 fully saturated rings. The summed E-state index contributed by atoms with van der Waals surface area (Å²) >= 11 is 0. The van der Waals surface area contributed by atoms with Crippen molar-refractivity contribution in [1.82, 2.24) is 41.2 Å². The number of aromatic nitrogens is 4. The van der Waals surface area contributed by atoms with E-state index in [1.54, 1.807) is 62.4 Å². The molecule has 2 heterocycles. The molecule has 2 aromatic heterocycles. The zero-order valence-corrected chi connectivity index (χ0v) is 37.8. The normalized spacial score (nSPS) is 13.0. The number of primary amides is 1. The number of ether oxygens (including phenoxy) is 1. The van der Waals surface area contributed by atoms with Gasteiger partial charge in [-0.15, -0.1) is 0 Å². The molecule has 0 aliphatic rings. The molecule has 0 bridgehead atoms. The SMILES string of the molecule is C/C=C\C(=C/CC)C(NC(=O)c1ccccc1)C(OC(=O)CCC(=O)NCCCCC(NC(=O)CCC(NC(=O)c1ccc(NCc2cnc3nc(N)[nH]c(=O)c3n2)cc1)C(=O)O)C(N)=O)C(=O)[O-]. The number of nitrogens with zero attached hydrogens (tertiary/aromatic N) is 3. The Labute approximate surface area is 395 Å². The Morgan fingerprint density at radius 1 is 0.855 bits per heavy atom. The molecule has 69 heavy (non-hydrogen) atoms. The molecule has 366 valence electrons. The van der Waals surface area contributed by atoms with E-state index < -0.39 is 83.7 Å². The van der Waals surface area contributed by atoms with Crippen LogP contribution in [0.2, 0.25) is 0 Å². The van der Waals surface area contributed by atoms with Crippen LogP contribution >= 0.6 is 0 Å². The molecule has 23 nitrogen and oxygen atoms in total. The monoisotopic (exact) mass is 952 g/mol. The standard InChI is InChI=1S/C46H55N11O12/c1-3-10-26(11-4-2)36(55-42(63)27-12-6-5-7-13-27)38(45(67)68)69-35(60)22-21-33(58)49-23-9-8-14-31(39(47)61)53-34(59)20-19-32(44(65)66)54-41(62)28-15-17-29(18-16-28)50-24-30-25-51-40-37(52-30)43(64)57-46(48)56-40/h3,5-7,10-13,15-18,25,31-32,36,38,50H,4,8-9,14,19-24H2,1-2H3,(H2,47,61)(H,49,58)(H,53,59)(H,54,62)(H,55,63)(H,65,66)(H,67,68)(H3,48,51,56,57,64)/p-1/b10-3-,26-11+. The highest BCUT2D eigenvalue weighted by molar-refractivity contribution is 5.97. The van der Waals surface area contributed by atoms with E-state index in [0.717, 1.165) is 0 Å². The second-order valence-corrected chi connectivity index (χ2v) is 15.3. The molecule has 4 rings (SSSR count). The Morgan fingerprint density at radius 2 is 1.55 bits per heavy atom. The van der Waals surface area contributed by atoms with Gasteiger partial charge >= 0.3 is 11.9 Å². The largest absolute Gasteiger partial charge is 0.546 e.